The summed E-state index contributed by atoms with van der Waals surface area (Å²) >= 11 is 0. The van der Waals surface area contributed by atoms with E-state index in [0.717, 1.165) is 18.9 Å². The number of rotatable bonds is 10. The summed E-state index contributed by atoms with van der Waals surface area (Å²) in [7, 11) is 0. The van der Waals surface area contributed by atoms with Gasteiger partial charge >= 0.3 is 6.18 Å². The van der Waals surface area contributed by atoms with Crippen molar-refractivity contribution in [2.75, 3.05) is 11.9 Å². The topological polar surface area (TPSA) is 77.2 Å². The second kappa shape index (κ2) is 11.0. The first-order valence-electron chi connectivity index (χ1n) is 11.2. The van der Waals surface area contributed by atoms with Crippen LogP contribution in [0, 0.1) is 11.8 Å². The summed E-state index contributed by atoms with van der Waals surface area (Å²) in [5.74, 6) is -0.0333. The molecule has 0 saturated heterocycles. The van der Waals surface area contributed by atoms with Gasteiger partial charge in [-0.05, 0) is 61.1 Å². The number of anilines is 1. The van der Waals surface area contributed by atoms with Crippen molar-refractivity contribution < 1.29 is 22.7 Å². The summed E-state index contributed by atoms with van der Waals surface area (Å²) in [6, 6.07) is 7.08. The number of carbonyl (C=O) groups is 1. The Morgan fingerprint density at radius 2 is 1.82 bits per heavy atom. The number of carbonyl (C=O) groups excluding carboxylic acids is 1. The van der Waals surface area contributed by atoms with Gasteiger partial charge in [0.25, 0.3) is 0 Å². The van der Waals surface area contributed by atoms with Crippen LogP contribution in [-0.4, -0.2) is 23.0 Å². The zero-order valence-corrected chi connectivity index (χ0v) is 19.9. The van der Waals surface area contributed by atoms with Crippen LogP contribution >= 0.6 is 0 Å². The van der Waals surface area contributed by atoms with Crippen LogP contribution < -0.4 is 15.8 Å². The van der Waals surface area contributed by atoms with Gasteiger partial charge in [-0.3, -0.25) is 4.79 Å². The van der Waals surface area contributed by atoms with Crippen LogP contribution in [0.2, 0.25) is 0 Å². The molecule has 2 atom stereocenters. The van der Waals surface area contributed by atoms with Gasteiger partial charge in [-0.2, -0.15) is 13.2 Å². The lowest BCUT2D eigenvalue weighted by Gasteiger charge is -2.27. The first-order valence-corrected chi connectivity index (χ1v) is 11.2. The molecule has 1 heterocycles. The van der Waals surface area contributed by atoms with Crippen LogP contribution in [0.15, 0.2) is 36.5 Å². The zero-order chi connectivity index (χ0) is 24.8. The molecule has 0 bridgehead atoms. The van der Waals surface area contributed by atoms with Gasteiger partial charge in [-0.15, -0.1) is 0 Å². The van der Waals surface area contributed by atoms with Crippen molar-refractivity contribution in [2.45, 2.75) is 65.6 Å². The molecule has 1 amide bonds. The number of nitrogens with zero attached hydrogens (tertiary/aromatic N) is 1. The minimum absolute atomic E-state index is 0.0328. The van der Waals surface area contributed by atoms with Gasteiger partial charge < -0.3 is 15.8 Å². The average Bonchev–Trinajstić information content (AvgIpc) is 2.71. The van der Waals surface area contributed by atoms with Crippen LogP contribution in [0.4, 0.5) is 19.0 Å². The van der Waals surface area contributed by atoms with E-state index in [0.29, 0.717) is 29.3 Å². The molecule has 3 N–H and O–H groups in total. The van der Waals surface area contributed by atoms with E-state index < -0.39 is 17.3 Å². The highest BCUT2D eigenvalue weighted by Gasteiger charge is 2.35. The van der Waals surface area contributed by atoms with Crippen molar-refractivity contribution >= 4 is 11.7 Å². The van der Waals surface area contributed by atoms with E-state index in [-0.39, 0.29) is 24.2 Å². The van der Waals surface area contributed by atoms with Crippen LogP contribution in [0.3, 0.4) is 0 Å². The predicted molar refractivity (Wildman–Crippen MR) is 125 cm³/mol. The SMILES string of the molecule is CCCC(C)C(=O)Nc1cc(-c2ccc(OCC(C)(N)CC(C)C)c(C(F)(F)F)c2)ccn1. The normalized spacial score (nSPS) is 14.6. The van der Waals surface area contributed by atoms with Crippen molar-refractivity contribution in [2.24, 2.45) is 17.6 Å². The Hall–Kier alpha value is -2.61. The fourth-order valence-corrected chi connectivity index (χ4v) is 3.78. The standard InChI is InChI=1S/C25H34F3N3O2/c1-6-7-17(4)23(32)31-22-13-19(10-11-30-22)18-8-9-21(20(12-18)25(26,27)28)33-15-24(5,29)14-16(2)3/h8-13,16-17H,6-7,14-15,29H2,1-5H3,(H,30,31,32). The average molecular weight is 466 g/mol. The number of hydrogen-bond donors (Lipinski definition) is 2. The summed E-state index contributed by atoms with van der Waals surface area (Å²) in [4.78, 5) is 16.4. The minimum atomic E-state index is -4.60. The van der Waals surface area contributed by atoms with Crippen molar-refractivity contribution in [1.82, 2.24) is 4.98 Å². The highest BCUT2D eigenvalue weighted by molar-refractivity contribution is 5.92. The quantitative estimate of drug-likeness (QED) is 0.433. The number of nitrogens with one attached hydrogen (secondary N) is 1. The summed E-state index contributed by atoms with van der Waals surface area (Å²) in [5.41, 5.74) is 5.41. The highest BCUT2D eigenvalue weighted by atomic mass is 19.4. The Balaban J connectivity index is 2.29. The number of nitrogens with two attached hydrogens (primary N) is 1. The summed E-state index contributed by atoms with van der Waals surface area (Å²) in [6.07, 6.45) is -0.916. The van der Waals surface area contributed by atoms with Crippen molar-refractivity contribution in [1.29, 1.82) is 0 Å². The fourth-order valence-electron chi connectivity index (χ4n) is 3.78. The number of aromatic nitrogens is 1. The molecule has 182 valence electrons. The number of alkyl halides is 3. The summed E-state index contributed by atoms with van der Waals surface area (Å²) < 4.78 is 47.0. The lowest BCUT2D eigenvalue weighted by atomic mass is 9.93. The fraction of sp³-hybridized carbons (Fsp3) is 0.520. The number of ether oxygens (including phenoxy) is 1. The Kier molecular flexibility index (Phi) is 8.89. The molecule has 1 aromatic carbocycles. The molecule has 0 aliphatic rings. The third-order valence-corrected chi connectivity index (χ3v) is 5.23. The molecule has 2 rings (SSSR count). The first-order chi connectivity index (χ1) is 15.3. The number of halogens is 3. The Bertz CT molecular complexity index is 943. The van der Waals surface area contributed by atoms with E-state index in [9.17, 15) is 18.0 Å². The summed E-state index contributed by atoms with van der Waals surface area (Å²) in [5, 5.41) is 2.73. The van der Waals surface area contributed by atoms with Gasteiger partial charge in [0, 0.05) is 17.7 Å². The maximum Gasteiger partial charge on any atom is 0.419 e. The van der Waals surface area contributed by atoms with E-state index in [2.05, 4.69) is 10.3 Å². The van der Waals surface area contributed by atoms with Gasteiger partial charge in [0.1, 0.15) is 18.2 Å². The third kappa shape index (κ3) is 8.03. The monoisotopic (exact) mass is 465 g/mol. The van der Waals surface area contributed by atoms with E-state index in [1.54, 1.807) is 25.1 Å². The van der Waals surface area contributed by atoms with Gasteiger partial charge in [-0.25, -0.2) is 4.98 Å². The van der Waals surface area contributed by atoms with Crippen LogP contribution in [0.5, 0.6) is 5.75 Å². The largest absolute Gasteiger partial charge is 0.491 e. The van der Waals surface area contributed by atoms with Crippen molar-refractivity contribution in [3.63, 3.8) is 0 Å². The third-order valence-electron chi connectivity index (χ3n) is 5.23. The molecule has 0 aliphatic carbocycles. The van der Waals surface area contributed by atoms with E-state index >= 15 is 0 Å². The molecule has 0 spiro atoms. The Labute approximate surface area is 193 Å². The van der Waals surface area contributed by atoms with Crippen molar-refractivity contribution in [3.05, 3.63) is 42.1 Å². The molecule has 0 fully saturated rings. The molecule has 2 aromatic rings. The second-order valence-corrected chi connectivity index (χ2v) is 9.36. The van der Waals surface area contributed by atoms with Crippen LogP contribution in [-0.2, 0) is 11.0 Å². The number of amides is 1. The van der Waals surface area contributed by atoms with Gasteiger partial charge in [-0.1, -0.05) is 40.2 Å². The highest BCUT2D eigenvalue weighted by Crippen LogP contribution is 2.39. The van der Waals surface area contributed by atoms with Crippen molar-refractivity contribution in [3.8, 4) is 16.9 Å². The van der Waals surface area contributed by atoms with Crippen LogP contribution in [0.25, 0.3) is 11.1 Å². The zero-order valence-electron chi connectivity index (χ0n) is 19.9. The molecule has 2 unspecified atom stereocenters. The second-order valence-electron chi connectivity index (χ2n) is 9.36. The maximum absolute atomic E-state index is 13.8. The smallest absolute Gasteiger partial charge is 0.419 e. The van der Waals surface area contributed by atoms with Gasteiger partial charge in [0.15, 0.2) is 0 Å². The molecule has 8 heteroatoms. The lowest BCUT2D eigenvalue weighted by molar-refractivity contribution is -0.139. The number of pyridine rings is 1. The summed E-state index contributed by atoms with van der Waals surface area (Å²) in [6.45, 7) is 9.54. The molecular formula is C25H34F3N3O2. The molecular weight excluding hydrogens is 431 g/mol. The van der Waals surface area contributed by atoms with Crippen LogP contribution in [0.1, 0.15) is 59.4 Å². The predicted octanol–water partition coefficient (Wildman–Crippen LogP) is 6.28. The maximum atomic E-state index is 13.8. The van der Waals surface area contributed by atoms with Gasteiger partial charge in [0.05, 0.1) is 5.56 Å². The first kappa shape index (κ1) is 26.6. The minimum Gasteiger partial charge on any atom is -0.491 e. The Morgan fingerprint density at radius 3 is 2.42 bits per heavy atom. The molecule has 0 aliphatic heterocycles. The van der Waals surface area contributed by atoms with Gasteiger partial charge in [0.2, 0.25) is 5.91 Å². The molecule has 0 radical (unpaired) electrons. The molecule has 33 heavy (non-hydrogen) atoms. The van der Waals surface area contributed by atoms with E-state index in [1.165, 1.54) is 12.3 Å². The number of hydrogen-bond acceptors (Lipinski definition) is 4. The lowest BCUT2D eigenvalue weighted by Crippen LogP contribution is -2.43. The molecule has 1 aromatic heterocycles. The molecule has 0 saturated carbocycles. The van der Waals surface area contributed by atoms with E-state index in [1.807, 2.05) is 27.7 Å². The number of benzene rings is 1. The molecule has 5 nitrogen and oxygen atoms in total. The van der Waals surface area contributed by atoms with E-state index in [4.69, 9.17) is 10.5 Å². The Morgan fingerprint density at radius 1 is 1.15 bits per heavy atom.